The molecular formula is C20H19N. The molecule has 0 aliphatic rings. The van der Waals surface area contributed by atoms with Gasteiger partial charge in [0.2, 0.25) is 0 Å². The minimum absolute atomic E-state index is 0.0731. The van der Waals surface area contributed by atoms with Crippen LogP contribution >= 0.6 is 0 Å². The SMILES string of the molecule is Cc1ccccc1C(N)c1ccc(-c2ccccc2)cc1. The maximum absolute atomic E-state index is 6.41. The van der Waals surface area contributed by atoms with E-state index >= 15 is 0 Å². The molecule has 0 aromatic heterocycles. The van der Waals surface area contributed by atoms with E-state index in [0.29, 0.717) is 0 Å². The summed E-state index contributed by atoms with van der Waals surface area (Å²) >= 11 is 0. The van der Waals surface area contributed by atoms with Crippen LogP contribution in [0.1, 0.15) is 22.7 Å². The third-order valence-electron chi connectivity index (χ3n) is 3.90. The summed E-state index contributed by atoms with van der Waals surface area (Å²) in [5, 5.41) is 0. The number of hydrogen-bond donors (Lipinski definition) is 1. The molecule has 0 bridgehead atoms. The summed E-state index contributed by atoms with van der Waals surface area (Å²) in [4.78, 5) is 0. The fourth-order valence-corrected chi connectivity index (χ4v) is 2.63. The standard InChI is InChI=1S/C20H19N/c1-15-7-5-6-10-19(15)20(21)18-13-11-17(12-14-18)16-8-3-2-4-9-16/h2-14,20H,21H2,1H3. The van der Waals surface area contributed by atoms with E-state index in [2.05, 4.69) is 67.6 Å². The van der Waals surface area contributed by atoms with Gasteiger partial charge in [0.25, 0.3) is 0 Å². The molecule has 3 rings (SSSR count). The summed E-state index contributed by atoms with van der Waals surface area (Å²) in [6.07, 6.45) is 0. The maximum atomic E-state index is 6.41. The summed E-state index contributed by atoms with van der Waals surface area (Å²) in [7, 11) is 0. The quantitative estimate of drug-likeness (QED) is 0.734. The molecule has 2 N–H and O–H groups in total. The topological polar surface area (TPSA) is 26.0 Å². The normalized spacial score (nSPS) is 12.1. The van der Waals surface area contributed by atoms with Crippen LogP contribution in [0.2, 0.25) is 0 Å². The fraction of sp³-hybridized carbons (Fsp3) is 0.100. The van der Waals surface area contributed by atoms with Gasteiger partial charge in [-0.1, -0.05) is 78.9 Å². The van der Waals surface area contributed by atoms with E-state index in [4.69, 9.17) is 5.73 Å². The van der Waals surface area contributed by atoms with Crippen molar-refractivity contribution in [3.8, 4) is 11.1 Å². The first kappa shape index (κ1) is 13.6. The van der Waals surface area contributed by atoms with E-state index in [0.717, 1.165) is 5.56 Å². The van der Waals surface area contributed by atoms with Crippen LogP contribution in [0.4, 0.5) is 0 Å². The second-order valence-electron chi connectivity index (χ2n) is 5.32. The van der Waals surface area contributed by atoms with Crippen molar-refractivity contribution >= 4 is 0 Å². The Kier molecular flexibility index (Phi) is 3.85. The van der Waals surface area contributed by atoms with Crippen molar-refractivity contribution in [2.45, 2.75) is 13.0 Å². The molecule has 104 valence electrons. The van der Waals surface area contributed by atoms with Crippen molar-refractivity contribution in [3.63, 3.8) is 0 Å². The molecule has 0 amide bonds. The Morgan fingerprint density at radius 2 is 1.24 bits per heavy atom. The second-order valence-corrected chi connectivity index (χ2v) is 5.32. The fourth-order valence-electron chi connectivity index (χ4n) is 2.63. The number of nitrogens with two attached hydrogens (primary N) is 1. The summed E-state index contributed by atoms with van der Waals surface area (Å²) < 4.78 is 0. The van der Waals surface area contributed by atoms with Gasteiger partial charge in [0.15, 0.2) is 0 Å². The predicted molar refractivity (Wildman–Crippen MR) is 89.1 cm³/mol. The van der Waals surface area contributed by atoms with Crippen molar-refractivity contribution in [1.82, 2.24) is 0 Å². The Morgan fingerprint density at radius 1 is 0.667 bits per heavy atom. The van der Waals surface area contributed by atoms with Gasteiger partial charge in [0.1, 0.15) is 0 Å². The predicted octanol–water partition coefficient (Wildman–Crippen LogP) is 4.71. The van der Waals surface area contributed by atoms with Crippen LogP contribution in [0, 0.1) is 6.92 Å². The van der Waals surface area contributed by atoms with E-state index in [1.54, 1.807) is 0 Å². The van der Waals surface area contributed by atoms with Crippen molar-refractivity contribution in [2.75, 3.05) is 0 Å². The molecule has 0 spiro atoms. The first-order chi connectivity index (χ1) is 10.3. The molecule has 3 aromatic carbocycles. The minimum Gasteiger partial charge on any atom is -0.320 e. The molecule has 21 heavy (non-hydrogen) atoms. The monoisotopic (exact) mass is 273 g/mol. The molecular weight excluding hydrogens is 254 g/mol. The van der Waals surface area contributed by atoms with E-state index in [-0.39, 0.29) is 6.04 Å². The van der Waals surface area contributed by atoms with Crippen LogP contribution in [0.15, 0.2) is 78.9 Å². The van der Waals surface area contributed by atoms with E-state index in [1.807, 2.05) is 18.2 Å². The van der Waals surface area contributed by atoms with Gasteiger partial charge in [0.05, 0.1) is 6.04 Å². The van der Waals surface area contributed by atoms with E-state index in [1.165, 1.54) is 22.3 Å². The highest BCUT2D eigenvalue weighted by Gasteiger charge is 2.10. The largest absolute Gasteiger partial charge is 0.320 e. The lowest BCUT2D eigenvalue weighted by Gasteiger charge is -2.15. The average Bonchev–Trinajstić information content (AvgIpc) is 2.56. The lowest BCUT2D eigenvalue weighted by Crippen LogP contribution is -2.13. The summed E-state index contributed by atoms with van der Waals surface area (Å²) in [5.41, 5.74) is 12.4. The van der Waals surface area contributed by atoms with Crippen LogP contribution in [0.3, 0.4) is 0 Å². The van der Waals surface area contributed by atoms with Crippen molar-refractivity contribution in [3.05, 3.63) is 95.6 Å². The highest BCUT2D eigenvalue weighted by Crippen LogP contribution is 2.25. The molecule has 0 aliphatic carbocycles. The summed E-state index contributed by atoms with van der Waals surface area (Å²) in [5.74, 6) is 0. The zero-order chi connectivity index (χ0) is 14.7. The number of aryl methyl sites for hydroxylation is 1. The second kappa shape index (κ2) is 5.94. The van der Waals surface area contributed by atoms with E-state index < -0.39 is 0 Å². The molecule has 1 atom stereocenters. The molecule has 0 saturated heterocycles. The molecule has 0 fully saturated rings. The molecule has 0 radical (unpaired) electrons. The van der Waals surface area contributed by atoms with Crippen LogP contribution < -0.4 is 5.73 Å². The molecule has 1 nitrogen and oxygen atoms in total. The summed E-state index contributed by atoms with van der Waals surface area (Å²) in [6, 6.07) is 27.1. The Morgan fingerprint density at radius 3 is 1.90 bits per heavy atom. The third-order valence-corrected chi connectivity index (χ3v) is 3.90. The average molecular weight is 273 g/mol. The molecule has 0 saturated carbocycles. The number of hydrogen-bond acceptors (Lipinski definition) is 1. The molecule has 0 heterocycles. The van der Waals surface area contributed by atoms with Crippen LogP contribution in [0.5, 0.6) is 0 Å². The van der Waals surface area contributed by atoms with Gasteiger partial charge in [-0.2, -0.15) is 0 Å². The zero-order valence-corrected chi connectivity index (χ0v) is 12.2. The van der Waals surface area contributed by atoms with Crippen LogP contribution in [0.25, 0.3) is 11.1 Å². The van der Waals surface area contributed by atoms with Crippen molar-refractivity contribution < 1.29 is 0 Å². The Labute approximate surface area is 126 Å². The minimum atomic E-state index is -0.0731. The van der Waals surface area contributed by atoms with Gasteiger partial charge in [-0.05, 0) is 34.7 Å². The zero-order valence-electron chi connectivity index (χ0n) is 12.2. The Balaban J connectivity index is 1.89. The third kappa shape index (κ3) is 2.88. The Hall–Kier alpha value is -2.38. The van der Waals surface area contributed by atoms with Gasteiger partial charge < -0.3 is 5.73 Å². The molecule has 3 aromatic rings. The van der Waals surface area contributed by atoms with Gasteiger partial charge in [0, 0.05) is 0 Å². The maximum Gasteiger partial charge on any atom is 0.0554 e. The first-order valence-electron chi connectivity index (χ1n) is 7.22. The van der Waals surface area contributed by atoms with Crippen LogP contribution in [-0.2, 0) is 0 Å². The van der Waals surface area contributed by atoms with Gasteiger partial charge in [-0.25, -0.2) is 0 Å². The smallest absolute Gasteiger partial charge is 0.0554 e. The van der Waals surface area contributed by atoms with Crippen LogP contribution in [-0.4, -0.2) is 0 Å². The van der Waals surface area contributed by atoms with Gasteiger partial charge in [-0.15, -0.1) is 0 Å². The molecule has 0 aliphatic heterocycles. The van der Waals surface area contributed by atoms with Gasteiger partial charge in [-0.3, -0.25) is 0 Å². The summed E-state index contributed by atoms with van der Waals surface area (Å²) in [6.45, 7) is 2.10. The molecule has 1 unspecified atom stereocenters. The highest BCUT2D eigenvalue weighted by molar-refractivity contribution is 5.63. The van der Waals surface area contributed by atoms with Crippen molar-refractivity contribution in [2.24, 2.45) is 5.73 Å². The van der Waals surface area contributed by atoms with Crippen molar-refractivity contribution in [1.29, 1.82) is 0 Å². The van der Waals surface area contributed by atoms with Gasteiger partial charge >= 0.3 is 0 Å². The molecule has 1 heteroatoms. The first-order valence-corrected chi connectivity index (χ1v) is 7.22. The van der Waals surface area contributed by atoms with E-state index in [9.17, 15) is 0 Å². The lowest BCUT2D eigenvalue weighted by molar-refractivity contribution is 0.862. The Bertz CT molecular complexity index is 714. The number of benzene rings is 3. The number of rotatable bonds is 3. The highest BCUT2D eigenvalue weighted by atomic mass is 14.6. The lowest BCUT2D eigenvalue weighted by atomic mass is 9.94.